The number of fused-ring (bicyclic) bond motifs is 3. The number of carbonyl (C=O) groups excluding carboxylic acids is 2. The highest BCUT2D eigenvalue weighted by atomic mass is 32.2. The predicted molar refractivity (Wildman–Crippen MR) is 96.4 cm³/mol. The maximum atomic E-state index is 12.7. The Balaban J connectivity index is 1.44. The van der Waals surface area contributed by atoms with Crippen molar-refractivity contribution in [3.05, 3.63) is 65.2 Å². The summed E-state index contributed by atoms with van der Waals surface area (Å²) < 4.78 is 5.13. The quantitative estimate of drug-likeness (QED) is 0.917. The number of methoxy groups -OCH3 is 1. The lowest BCUT2D eigenvalue weighted by Gasteiger charge is -2.22. The molecule has 0 spiro atoms. The second-order valence-corrected chi connectivity index (χ2v) is 7.18. The fraction of sp³-hybridized carbons (Fsp3) is 0.263. The van der Waals surface area contributed by atoms with Crippen molar-refractivity contribution in [2.45, 2.75) is 18.0 Å². The van der Waals surface area contributed by atoms with Gasteiger partial charge in [0.25, 0.3) is 5.91 Å². The first-order chi connectivity index (χ1) is 12.2. The highest BCUT2D eigenvalue weighted by molar-refractivity contribution is 7.99. The molecule has 0 unspecified atom stereocenters. The van der Waals surface area contributed by atoms with Crippen LogP contribution in [0, 0.1) is 0 Å². The van der Waals surface area contributed by atoms with E-state index in [1.165, 1.54) is 0 Å². The van der Waals surface area contributed by atoms with Crippen molar-refractivity contribution in [2.24, 2.45) is 0 Å². The van der Waals surface area contributed by atoms with Gasteiger partial charge in [0.2, 0.25) is 5.91 Å². The van der Waals surface area contributed by atoms with Crippen molar-refractivity contribution < 1.29 is 14.3 Å². The van der Waals surface area contributed by atoms with Gasteiger partial charge in [0.15, 0.2) is 0 Å². The van der Waals surface area contributed by atoms with E-state index in [0.29, 0.717) is 17.9 Å². The number of amides is 2. The van der Waals surface area contributed by atoms with Crippen molar-refractivity contribution in [3.63, 3.8) is 0 Å². The molecule has 128 valence electrons. The molecule has 0 aromatic heterocycles. The van der Waals surface area contributed by atoms with Crippen LogP contribution in [0.15, 0.2) is 48.5 Å². The molecule has 25 heavy (non-hydrogen) atoms. The number of carbonyl (C=O) groups is 2. The Labute approximate surface area is 150 Å². The summed E-state index contributed by atoms with van der Waals surface area (Å²) >= 11 is 1.65. The van der Waals surface area contributed by atoms with E-state index in [-0.39, 0.29) is 17.2 Å². The van der Waals surface area contributed by atoms with Gasteiger partial charge in [0.1, 0.15) is 17.2 Å². The fourth-order valence-electron chi connectivity index (χ4n) is 3.29. The molecule has 1 saturated heterocycles. The fourth-order valence-corrected chi connectivity index (χ4v) is 4.76. The molecule has 2 aliphatic heterocycles. The lowest BCUT2D eigenvalue weighted by atomic mass is 10.1. The zero-order valence-electron chi connectivity index (χ0n) is 13.8. The molecular weight excluding hydrogens is 336 g/mol. The number of rotatable bonds is 4. The summed E-state index contributed by atoms with van der Waals surface area (Å²) in [4.78, 5) is 27.0. The summed E-state index contributed by atoms with van der Waals surface area (Å²) in [6.07, 6.45) is 0. The number of ether oxygens (including phenoxy) is 1. The molecule has 2 aromatic rings. The van der Waals surface area contributed by atoms with E-state index >= 15 is 0 Å². The molecule has 2 atom stereocenters. The van der Waals surface area contributed by atoms with E-state index in [4.69, 9.17) is 4.74 Å². The number of thioether (sulfide) groups is 1. The van der Waals surface area contributed by atoms with Crippen LogP contribution in [-0.4, -0.2) is 35.6 Å². The first-order valence-corrected chi connectivity index (χ1v) is 9.18. The van der Waals surface area contributed by atoms with Crippen LogP contribution in [0.1, 0.15) is 26.9 Å². The van der Waals surface area contributed by atoms with Gasteiger partial charge in [0.05, 0.1) is 7.11 Å². The van der Waals surface area contributed by atoms with Crippen LogP contribution >= 0.6 is 11.8 Å². The Morgan fingerprint density at radius 1 is 1.24 bits per heavy atom. The Morgan fingerprint density at radius 3 is 2.76 bits per heavy atom. The van der Waals surface area contributed by atoms with Crippen LogP contribution < -0.4 is 10.1 Å². The molecule has 0 radical (unpaired) electrons. The minimum Gasteiger partial charge on any atom is -0.497 e. The Kier molecular flexibility index (Phi) is 4.13. The average Bonchev–Trinajstić information content (AvgIpc) is 3.21. The van der Waals surface area contributed by atoms with Crippen molar-refractivity contribution in [3.8, 4) is 5.75 Å². The number of benzene rings is 2. The second-order valence-electron chi connectivity index (χ2n) is 6.07. The third-order valence-electron chi connectivity index (χ3n) is 4.62. The normalized spacial score (nSPS) is 21.0. The molecule has 5 nitrogen and oxygen atoms in total. The highest BCUT2D eigenvalue weighted by Crippen LogP contribution is 2.48. The zero-order valence-corrected chi connectivity index (χ0v) is 14.6. The van der Waals surface area contributed by atoms with Gasteiger partial charge in [-0.25, -0.2) is 0 Å². The minimum atomic E-state index is -0.423. The first-order valence-electron chi connectivity index (χ1n) is 8.13. The number of hydrogen-bond acceptors (Lipinski definition) is 4. The summed E-state index contributed by atoms with van der Waals surface area (Å²) in [6.45, 7) is 0.434. The molecule has 1 fully saturated rings. The number of hydrogen-bond donors (Lipinski definition) is 1. The molecule has 0 bridgehead atoms. The van der Waals surface area contributed by atoms with Gasteiger partial charge in [-0.1, -0.05) is 30.3 Å². The molecule has 1 N–H and O–H groups in total. The lowest BCUT2D eigenvalue weighted by molar-refractivity contribution is -0.124. The summed E-state index contributed by atoms with van der Waals surface area (Å²) in [7, 11) is 1.62. The van der Waals surface area contributed by atoms with Crippen LogP contribution in [-0.2, 0) is 11.3 Å². The minimum absolute atomic E-state index is 0.0413. The maximum Gasteiger partial charge on any atom is 0.256 e. The lowest BCUT2D eigenvalue weighted by Crippen LogP contribution is -2.45. The van der Waals surface area contributed by atoms with Crippen molar-refractivity contribution in [1.82, 2.24) is 10.2 Å². The van der Waals surface area contributed by atoms with E-state index in [1.54, 1.807) is 23.8 Å². The summed E-state index contributed by atoms with van der Waals surface area (Å²) in [5.74, 6) is 1.26. The largest absolute Gasteiger partial charge is 0.497 e. The Morgan fingerprint density at radius 2 is 2.00 bits per heavy atom. The van der Waals surface area contributed by atoms with Crippen molar-refractivity contribution >= 4 is 23.6 Å². The van der Waals surface area contributed by atoms with Crippen molar-refractivity contribution in [1.29, 1.82) is 0 Å². The van der Waals surface area contributed by atoms with E-state index in [0.717, 1.165) is 16.9 Å². The standard InChI is InChI=1S/C19H18N2O3S/c1-24-13-8-6-12(7-9-13)10-20-17(22)16-11-25-19-15-5-3-2-4-14(15)18(23)21(16)19/h2-9,16,19H,10-11H2,1H3,(H,20,22)/t16-,19+/m1/s1. The summed E-state index contributed by atoms with van der Waals surface area (Å²) in [6, 6.07) is 14.8. The van der Waals surface area contributed by atoms with Crippen LogP contribution in [0.3, 0.4) is 0 Å². The smallest absolute Gasteiger partial charge is 0.256 e. The maximum absolute atomic E-state index is 12.7. The molecular formula is C19H18N2O3S. The van der Waals surface area contributed by atoms with Gasteiger partial charge in [-0.05, 0) is 29.3 Å². The van der Waals surface area contributed by atoms with Crippen LogP contribution in [0.4, 0.5) is 0 Å². The third-order valence-corrected chi connectivity index (χ3v) is 5.93. The van der Waals surface area contributed by atoms with Crippen LogP contribution in [0.25, 0.3) is 0 Å². The Hall–Kier alpha value is -2.47. The SMILES string of the molecule is COc1ccc(CNC(=O)[C@H]2CS[C@H]3c4ccccc4C(=O)N23)cc1. The van der Waals surface area contributed by atoms with Crippen molar-refractivity contribution in [2.75, 3.05) is 12.9 Å². The number of nitrogens with zero attached hydrogens (tertiary/aromatic N) is 1. The van der Waals surface area contributed by atoms with E-state index in [9.17, 15) is 9.59 Å². The first kappa shape index (κ1) is 16.0. The van der Waals surface area contributed by atoms with Gasteiger partial charge < -0.3 is 15.0 Å². The zero-order chi connectivity index (χ0) is 17.4. The van der Waals surface area contributed by atoms with Crippen LogP contribution in [0.2, 0.25) is 0 Å². The van der Waals surface area contributed by atoms with Gasteiger partial charge in [0, 0.05) is 17.9 Å². The van der Waals surface area contributed by atoms with Gasteiger partial charge in [-0.3, -0.25) is 9.59 Å². The predicted octanol–water partition coefficient (Wildman–Crippen LogP) is 2.58. The van der Waals surface area contributed by atoms with E-state index in [2.05, 4.69) is 5.32 Å². The molecule has 2 aliphatic rings. The second kappa shape index (κ2) is 6.44. The van der Waals surface area contributed by atoms with Gasteiger partial charge >= 0.3 is 0 Å². The van der Waals surface area contributed by atoms with Crippen LogP contribution in [0.5, 0.6) is 5.75 Å². The summed E-state index contributed by atoms with van der Waals surface area (Å²) in [5.41, 5.74) is 2.72. The molecule has 2 amide bonds. The molecule has 6 heteroatoms. The van der Waals surface area contributed by atoms with E-state index in [1.807, 2.05) is 48.5 Å². The molecule has 4 rings (SSSR count). The average molecular weight is 354 g/mol. The Bertz CT molecular complexity index is 822. The molecule has 2 heterocycles. The highest BCUT2D eigenvalue weighted by Gasteiger charge is 2.48. The summed E-state index contributed by atoms with van der Waals surface area (Å²) in [5, 5.41) is 2.91. The van der Waals surface area contributed by atoms with Gasteiger partial charge in [-0.15, -0.1) is 11.8 Å². The van der Waals surface area contributed by atoms with E-state index < -0.39 is 6.04 Å². The molecule has 2 aromatic carbocycles. The topological polar surface area (TPSA) is 58.6 Å². The molecule has 0 saturated carbocycles. The number of nitrogens with one attached hydrogen (secondary N) is 1. The van der Waals surface area contributed by atoms with Gasteiger partial charge in [-0.2, -0.15) is 0 Å². The molecule has 0 aliphatic carbocycles. The monoisotopic (exact) mass is 354 g/mol. The third kappa shape index (κ3) is 2.76.